The Morgan fingerprint density at radius 1 is 1.20 bits per heavy atom. The van der Waals surface area contributed by atoms with E-state index in [-0.39, 0.29) is 11.5 Å². The Kier molecular flexibility index (Phi) is 3.79. The van der Waals surface area contributed by atoms with E-state index in [1.807, 2.05) is 0 Å². The summed E-state index contributed by atoms with van der Waals surface area (Å²) in [5.41, 5.74) is 0.851. The molecule has 0 radical (unpaired) electrons. The van der Waals surface area contributed by atoms with Gasteiger partial charge in [0.1, 0.15) is 0 Å². The molecule has 3 aliphatic carbocycles. The molecule has 20 heavy (non-hydrogen) atoms. The highest BCUT2D eigenvalue weighted by molar-refractivity contribution is 9.09. The normalized spacial score (nSPS) is 50.0. The first kappa shape index (κ1) is 15.3. The third-order valence-electron chi connectivity index (χ3n) is 6.81. The highest BCUT2D eigenvalue weighted by atomic mass is 79.9. The van der Waals surface area contributed by atoms with Gasteiger partial charge < -0.3 is 9.84 Å². The Labute approximate surface area is 131 Å². The lowest BCUT2D eigenvalue weighted by Crippen LogP contribution is -2.54. The Hall–Kier alpha value is 0.400. The van der Waals surface area contributed by atoms with Crippen molar-refractivity contribution < 1.29 is 9.84 Å². The van der Waals surface area contributed by atoms with Crippen molar-refractivity contribution >= 4 is 15.9 Å². The molecule has 0 heterocycles. The van der Waals surface area contributed by atoms with Crippen LogP contribution in [0.4, 0.5) is 0 Å². The molecule has 5 atom stereocenters. The molecule has 0 aromatic heterocycles. The summed E-state index contributed by atoms with van der Waals surface area (Å²) in [6, 6.07) is 0. The van der Waals surface area contributed by atoms with Crippen molar-refractivity contribution in [3.05, 3.63) is 0 Å². The summed E-state index contributed by atoms with van der Waals surface area (Å²) in [6.45, 7) is 7.99. The minimum Gasteiger partial charge on any atom is -0.393 e. The largest absolute Gasteiger partial charge is 0.393 e. The lowest BCUT2D eigenvalue weighted by molar-refractivity contribution is -0.154. The van der Waals surface area contributed by atoms with Crippen molar-refractivity contribution in [2.75, 3.05) is 11.9 Å². The molecule has 0 amide bonds. The van der Waals surface area contributed by atoms with E-state index in [4.69, 9.17) is 4.74 Å². The minimum absolute atomic E-state index is 0.102. The molecule has 1 N–H and O–H groups in total. The third-order valence-corrected chi connectivity index (χ3v) is 7.13. The van der Waals surface area contributed by atoms with E-state index >= 15 is 0 Å². The van der Waals surface area contributed by atoms with Crippen LogP contribution in [0.3, 0.4) is 0 Å². The Bertz CT molecular complexity index is 383. The number of rotatable bonds is 3. The molecule has 3 fully saturated rings. The summed E-state index contributed by atoms with van der Waals surface area (Å²) in [5, 5.41) is 11.4. The van der Waals surface area contributed by atoms with Crippen molar-refractivity contribution in [2.24, 2.45) is 22.2 Å². The summed E-state index contributed by atoms with van der Waals surface area (Å²) in [7, 11) is 0. The van der Waals surface area contributed by atoms with E-state index in [1.165, 1.54) is 25.7 Å². The standard InChI is InChI=1S/C17H29BrO2/c1-15(2)10-14(20-9-8-18)17-7-5-13(19)16(3,11-17)6-4-12(15)17/h12-14,19H,4-11H2,1-3H3/t12-,13+,14-,16-,17-/m0/s1. The molecule has 0 saturated heterocycles. The van der Waals surface area contributed by atoms with Gasteiger partial charge in [-0.1, -0.05) is 36.7 Å². The van der Waals surface area contributed by atoms with Crippen molar-refractivity contribution in [3.8, 4) is 0 Å². The smallest absolute Gasteiger partial charge is 0.0640 e. The SMILES string of the molecule is CC1(C)C[C@H](OCCBr)[C@]23CC[C@@H](O)[C@@](C)(CC[C@@H]12)C3. The molecule has 0 aromatic rings. The average molecular weight is 345 g/mol. The second kappa shape index (κ2) is 4.96. The van der Waals surface area contributed by atoms with Crippen molar-refractivity contribution in [1.82, 2.24) is 0 Å². The molecule has 3 rings (SSSR count). The highest BCUT2D eigenvalue weighted by Crippen LogP contribution is 2.69. The van der Waals surface area contributed by atoms with Crippen LogP contribution in [0.15, 0.2) is 0 Å². The molecular weight excluding hydrogens is 316 g/mol. The molecule has 2 nitrogen and oxygen atoms in total. The first-order chi connectivity index (χ1) is 9.34. The van der Waals surface area contributed by atoms with Gasteiger partial charge >= 0.3 is 0 Å². The molecule has 2 bridgehead atoms. The highest BCUT2D eigenvalue weighted by Gasteiger charge is 2.65. The second-order valence-electron chi connectivity index (χ2n) is 8.45. The van der Waals surface area contributed by atoms with E-state index in [2.05, 4.69) is 36.7 Å². The fourth-order valence-corrected chi connectivity index (χ4v) is 6.12. The Balaban J connectivity index is 1.92. The number of hydrogen-bond donors (Lipinski definition) is 1. The fourth-order valence-electron chi connectivity index (χ4n) is 5.93. The predicted octanol–water partition coefficient (Wildman–Crippen LogP) is 4.14. The molecule has 3 heteroatoms. The minimum atomic E-state index is -0.102. The van der Waals surface area contributed by atoms with Crippen LogP contribution in [0.1, 0.15) is 59.3 Å². The van der Waals surface area contributed by atoms with Crippen molar-refractivity contribution in [2.45, 2.75) is 71.5 Å². The summed E-state index contributed by atoms with van der Waals surface area (Å²) in [6.07, 6.45) is 7.24. The lowest BCUT2D eigenvalue weighted by Gasteiger charge is -2.58. The fraction of sp³-hybridized carbons (Fsp3) is 1.00. The van der Waals surface area contributed by atoms with Gasteiger partial charge in [0.2, 0.25) is 0 Å². The van der Waals surface area contributed by atoms with Crippen LogP contribution in [-0.4, -0.2) is 29.3 Å². The number of halogens is 1. The Morgan fingerprint density at radius 2 is 1.95 bits per heavy atom. The zero-order valence-electron chi connectivity index (χ0n) is 13.1. The lowest BCUT2D eigenvalue weighted by atomic mass is 9.49. The van der Waals surface area contributed by atoms with Crippen LogP contribution in [0.25, 0.3) is 0 Å². The topological polar surface area (TPSA) is 29.5 Å². The van der Waals surface area contributed by atoms with Crippen molar-refractivity contribution in [1.29, 1.82) is 0 Å². The van der Waals surface area contributed by atoms with E-state index in [1.54, 1.807) is 0 Å². The maximum atomic E-state index is 10.4. The summed E-state index contributed by atoms with van der Waals surface area (Å²) in [5.74, 6) is 0.774. The van der Waals surface area contributed by atoms with Crippen LogP contribution < -0.4 is 0 Å². The maximum Gasteiger partial charge on any atom is 0.0640 e. The van der Waals surface area contributed by atoms with Gasteiger partial charge in [-0.25, -0.2) is 0 Å². The molecule has 116 valence electrons. The number of aliphatic hydroxyl groups excluding tert-OH is 1. The zero-order chi connectivity index (χ0) is 14.6. The number of alkyl halides is 1. The zero-order valence-corrected chi connectivity index (χ0v) is 14.7. The monoisotopic (exact) mass is 344 g/mol. The quantitative estimate of drug-likeness (QED) is 0.779. The molecule has 0 aromatic carbocycles. The molecule has 0 unspecified atom stereocenters. The number of aliphatic hydroxyl groups is 1. The first-order valence-electron chi connectivity index (χ1n) is 8.20. The molecule has 3 saturated carbocycles. The first-order valence-corrected chi connectivity index (χ1v) is 9.32. The molecule has 1 spiro atoms. The van der Waals surface area contributed by atoms with Crippen LogP contribution in [-0.2, 0) is 4.74 Å². The van der Waals surface area contributed by atoms with Gasteiger partial charge in [0, 0.05) is 10.7 Å². The van der Waals surface area contributed by atoms with Gasteiger partial charge in [-0.2, -0.15) is 0 Å². The van der Waals surface area contributed by atoms with E-state index in [0.29, 0.717) is 16.9 Å². The van der Waals surface area contributed by atoms with E-state index < -0.39 is 0 Å². The van der Waals surface area contributed by atoms with Crippen LogP contribution in [0.2, 0.25) is 0 Å². The van der Waals surface area contributed by atoms with Gasteiger partial charge in [0.05, 0.1) is 18.8 Å². The van der Waals surface area contributed by atoms with Gasteiger partial charge in [0.25, 0.3) is 0 Å². The summed E-state index contributed by atoms with van der Waals surface area (Å²) < 4.78 is 6.29. The van der Waals surface area contributed by atoms with Gasteiger partial charge in [-0.3, -0.25) is 0 Å². The summed E-state index contributed by atoms with van der Waals surface area (Å²) in [4.78, 5) is 0. The van der Waals surface area contributed by atoms with Crippen molar-refractivity contribution in [3.63, 3.8) is 0 Å². The second-order valence-corrected chi connectivity index (χ2v) is 9.24. The molecular formula is C17H29BrO2. The third kappa shape index (κ3) is 2.11. The summed E-state index contributed by atoms with van der Waals surface area (Å²) >= 11 is 3.49. The Morgan fingerprint density at radius 3 is 2.65 bits per heavy atom. The molecule has 3 aliphatic rings. The number of hydrogen-bond acceptors (Lipinski definition) is 2. The number of fused-ring (bicyclic) bond motifs is 1. The van der Waals surface area contributed by atoms with Crippen LogP contribution >= 0.6 is 15.9 Å². The maximum absolute atomic E-state index is 10.4. The van der Waals surface area contributed by atoms with Gasteiger partial charge in [-0.15, -0.1) is 0 Å². The molecule has 0 aliphatic heterocycles. The van der Waals surface area contributed by atoms with E-state index in [9.17, 15) is 5.11 Å². The average Bonchev–Trinajstić information content (AvgIpc) is 2.59. The van der Waals surface area contributed by atoms with Gasteiger partial charge in [-0.05, 0) is 55.3 Å². The van der Waals surface area contributed by atoms with Gasteiger partial charge in [0.15, 0.2) is 0 Å². The van der Waals surface area contributed by atoms with Crippen LogP contribution in [0, 0.1) is 22.2 Å². The predicted molar refractivity (Wildman–Crippen MR) is 85.1 cm³/mol. The number of ether oxygens (including phenoxy) is 1. The van der Waals surface area contributed by atoms with E-state index in [0.717, 1.165) is 30.7 Å². The van der Waals surface area contributed by atoms with Crippen LogP contribution in [0.5, 0.6) is 0 Å².